The molecule has 20 heavy (non-hydrogen) atoms. The van der Waals surface area contributed by atoms with Gasteiger partial charge in [-0.25, -0.2) is 13.1 Å². The van der Waals surface area contributed by atoms with Crippen molar-refractivity contribution in [2.75, 3.05) is 12.3 Å². The Morgan fingerprint density at radius 3 is 2.50 bits per heavy atom. The van der Waals surface area contributed by atoms with Gasteiger partial charge in [0.2, 0.25) is 10.0 Å². The molecule has 2 rings (SSSR count). The number of hydrogen-bond donors (Lipinski definition) is 3. The molecule has 5 nitrogen and oxygen atoms in total. The first-order valence-electron chi connectivity index (χ1n) is 6.90. The SMILES string of the molecule is Cc1cc(S(=O)(=O)NC2(CO)CCCCC2)ccc1N. The van der Waals surface area contributed by atoms with E-state index in [4.69, 9.17) is 5.73 Å². The number of nitrogens with one attached hydrogen (secondary N) is 1. The number of hydrogen-bond acceptors (Lipinski definition) is 4. The van der Waals surface area contributed by atoms with Gasteiger partial charge in [0.1, 0.15) is 0 Å². The molecule has 0 aromatic heterocycles. The lowest BCUT2D eigenvalue weighted by Crippen LogP contribution is -2.52. The molecule has 0 radical (unpaired) electrons. The Morgan fingerprint density at radius 1 is 1.30 bits per heavy atom. The molecule has 0 heterocycles. The number of anilines is 1. The van der Waals surface area contributed by atoms with E-state index < -0.39 is 15.6 Å². The minimum atomic E-state index is -3.64. The highest BCUT2D eigenvalue weighted by Crippen LogP contribution is 2.30. The van der Waals surface area contributed by atoms with Crippen molar-refractivity contribution in [3.8, 4) is 0 Å². The zero-order valence-electron chi connectivity index (χ0n) is 11.7. The standard InChI is InChI=1S/C14H22N2O3S/c1-11-9-12(5-6-13(11)15)20(18,19)16-14(10-17)7-3-2-4-8-14/h5-6,9,16-17H,2-4,7-8,10,15H2,1H3. The minimum absolute atomic E-state index is 0.166. The van der Waals surface area contributed by atoms with Crippen LogP contribution >= 0.6 is 0 Å². The fraction of sp³-hybridized carbons (Fsp3) is 0.571. The number of benzene rings is 1. The zero-order chi connectivity index (χ0) is 14.8. The van der Waals surface area contributed by atoms with Gasteiger partial charge in [0.15, 0.2) is 0 Å². The number of nitrogens with two attached hydrogens (primary N) is 1. The van der Waals surface area contributed by atoms with Crippen LogP contribution in [0.3, 0.4) is 0 Å². The lowest BCUT2D eigenvalue weighted by atomic mass is 9.83. The molecule has 1 fully saturated rings. The lowest BCUT2D eigenvalue weighted by molar-refractivity contribution is 0.142. The second-order valence-corrected chi connectivity index (χ2v) is 7.31. The Kier molecular flexibility index (Phi) is 4.36. The van der Waals surface area contributed by atoms with Crippen LogP contribution in [0, 0.1) is 6.92 Å². The van der Waals surface area contributed by atoms with Crippen LogP contribution in [0.15, 0.2) is 23.1 Å². The molecule has 0 spiro atoms. The maximum absolute atomic E-state index is 12.5. The van der Waals surface area contributed by atoms with Gasteiger partial charge in [-0.2, -0.15) is 0 Å². The molecule has 6 heteroatoms. The second kappa shape index (κ2) is 5.71. The third-order valence-electron chi connectivity index (χ3n) is 4.02. The maximum Gasteiger partial charge on any atom is 0.241 e. The first kappa shape index (κ1) is 15.3. The van der Waals surface area contributed by atoms with E-state index in [9.17, 15) is 13.5 Å². The molecule has 0 saturated heterocycles. The summed E-state index contributed by atoms with van der Waals surface area (Å²) in [7, 11) is -3.64. The van der Waals surface area contributed by atoms with Crippen LogP contribution in [0.1, 0.15) is 37.7 Å². The summed E-state index contributed by atoms with van der Waals surface area (Å²) >= 11 is 0. The summed E-state index contributed by atoms with van der Waals surface area (Å²) in [6, 6.07) is 4.65. The summed E-state index contributed by atoms with van der Waals surface area (Å²) in [6.07, 6.45) is 4.31. The molecule has 4 N–H and O–H groups in total. The highest BCUT2D eigenvalue weighted by atomic mass is 32.2. The molecular weight excluding hydrogens is 276 g/mol. The van der Waals surface area contributed by atoms with Crippen molar-refractivity contribution in [1.82, 2.24) is 4.72 Å². The predicted molar refractivity (Wildman–Crippen MR) is 78.8 cm³/mol. The van der Waals surface area contributed by atoms with Crippen LogP contribution in [-0.2, 0) is 10.0 Å². The van der Waals surface area contributed by atoms with Gasteiger partial charge < -0.3 is 10.8 Å². The average molecular weight is 298 g/mol. The molecule has 0 amide bonds. The Bertz CT molecular complexity index is 578. The summed E-state index contributed by atoms with van der Waals surface area (Å²) < 4.78 is 27.6. The predicted octanol–water partition coefficient (Wildman–Crippen LogP) is 1.55. The Hall–Kier alpha value is -1.11. The van der Waals surface area contributed by atoms with Gasteiger partial charge in [0, 0.05) is 5.69 Å². The molecule has 0 atom stereocenters. The molecule has 0 unspecified atom stereocenters. The molecule has 1 aromatic rings. The van der Waals surface area contributed by atoms with E-state index in [1.165, 1.54) is 6.07 Å². The topological polar surface area (TPSA) is 92.4 Å². The third kappa shape index (κ3) is 3.13. The van der Waals surface area contributed by atoms with E-state index in [2.05, 4.69) is 4.72 Å². The molecule has 1 aromatic carbocycles. The number of rotatable bonds is 4. The largest absolute Gasteiger partial charge is 0.399 e. The summed E-state index contributed by atoms with van der Waals surface area (Å²) in [5.41, 5.74) is 6.30. The molecule has 1 aliphatic carbocycles. The van der Waals surface area contributed by atoms with Crippen LogP contribution in [0.2, 0.25) is 0 Å². The number of aliphatic hydroxyl groups excluding tert-OH is 1. The Balaban J connectivity index is 2.27. The first-order valence-corrected chi connectivity index (χ1v) is 8.38. The number of nitrogen functional groups attached to an aromatic ring is 1. The normalized spacial score (nSPS) is 18.9. The highest BCUT2D eigenvalue weighted by Gasteiger charge is 2.35. The average Bonchev–Trinajstić information content (AvgIpc) is 2.42. The van der Waals surface area contributed by atoms with Gasteiger partial charge in [-0.1, -0.05) is 19.3 Å². The van der Waals surface area contributed by atoms with Gasteiger partial charge in [-0.05, 0) is 43.5 Å². The molecule has 1 aliphatic rings. The highest BCUT2D eigenvalue weighted by molar-refractivity contribution is 7.89. The van der Waals surface area contributed by atoms with Crippen LogP contribution in [0.25, 0.3) is 0 Å². The molecule has 112 valence electrons. The van der Waals surface area contributed by atoms with Gasteiger partial charge in [0.25, 0.3) is 0 Å². The molecular formula is C14H22N2O3S. The monoisotopic (exact) mass is 298 g/mol. The van der Waals surface area contributed by atoms with Crippen LogP contribution in [-0.4, -0.2) is 25.7 Å². The van der Waals surface area contributed by atoms with Crippen molar-refractivity contribution in [3.63, 3.8) is 0 Å². The van der Waals surface area contributed by atoms with Crippen molar-refractivity contribution in [2.24, 2.45) is 0 Å². The number of sulfonamides is 1. The van der Waals surface area contributed by atoms with E-state index >= 15 is 0 Å². The molecule has 0 aliphatic heterocycles. The second-order valence-electron chi connectivity index (χ2n) is 5.62. The fourth-order valence-electron chi connectivity index (χ4n) is 2.68. The lowest BCUT2D eigenvalue weighted by Gasteiger charge is -2.36. The van der Waals surface area contributed by atoms with Crippen LogP contribution in [0.5, 0.6) is 0 Å². The summed E-state index contributed by atoms with van der Waals surface area (Å²) in [5.74, 6) is 0. The maximum atomic E-state index is 12.5. The summed E-state index contributed by atoms with van der Waals surface area (Å²) in [6.45, 7) is 1.61. The van der Waals surface area contributed by atoms with Crippen molar-refractivity contribution in [2.45, 2.75) is 49.5 Å². The van der Waals surface area contributed by atoms with E-state index in [-0.39, 0.29) is 11.5 Å². The quantitative estimate of drug-likeness (QED) is 0.735. The molecule has 1 saturated carbocycles. The third-order valence-corrected chi connectivity index (χ3v) is 5.59. The number of aryl methyl sites for hydroxylation is 1. The molecule has 0 bridgehead atoms. The van der Waals surface area contributed by atoms with Crippen molar-refractivity contribution in [3.05, 3.63) is 23.8 Å². The smallest absolute Gasteiger partial charge is 0.241 e. The van der Waals surface area contributed by atoms with Gasteiger partial charge in [0.05, 0.1) is 17.0 Å². The van der Waals surface area contributed by atoms with Crippen molar-refractivity contribution >= 4 is 15.7 Å². The number of aliphatic hydroxyl groups is 1. The Labute approximate surface area is 120 Å². The zero-order valence-corrected chi connectivity index (χ0v) is 12.5. The van der Waals surface area contributed by atoms with Gasteiger partial charge in [-0.3, -0.25) is 0 Å². The fourth-order valence-corrected chi connectivity index (χ4v) is 4.22. The minimum Gasteiger partial charge on any atom is -0.399 e. The van der Waals surface area contributed by atoms with Gasteiger partial charge in [-0.15, -0.1) is 0 Å². The summed E-state index contributed by atoms with van der Waals surface area (Å²) in [4.78, 5) is 0.197. The van der Waals surface area contributed by atoms with Crippen molar-refractivity contribution < 1.29 is 13.5 Å². The van der Waals surface area contributed by atoms with E-state index in [1.807, 2.05) is 0 Å². The van der Waals surface area contributed by atoms with Crippen LogP contribution < -0.4 is 10.5 Å². The van der Waals surface area contributed by atoms with Crippen molar-refractivity contribution in [1.29, 1.82) is 0 Å². The van der Waals surface area contributed by atoms with E-state index in [1.54, 1.807) is 19.1 Å². The summed E-state index contributed by atoms with van der Waals surface area (Å²) in [5, 5.41) is 9.60. The van der Waals surface area contributed by atoms with E-state index in [0.717, 1.165) is 24.8 Å². The van der Waals surface area contributed by atoms with Crippen LogP contribution in [0.4, 0.5) is 5.69 Å². The van der Waals surface area contributed by atoms with Gasteiger partial charge >= 0.3 is 0 Å². The van der Waals surface area contributed by atoms with E-state index in [0.29, 0.717) is 18.5 Å². The Morgan fingerprint density at radius 2 is 1.95 bits per heavy atom. The first-order chi connectivity index (χ1) is 9.38.